The number of Topliss-reactive ketones (excluding diaryl/α,β-unsaturated/α-hetero) is 1. The first kappa shape index (κ1) is 34.0. The van der Waals surface area contributed by atoms with Gasteiger partial charge in [-0.15, -0.1) is 0 Å². The summed E-state index contributed by atoms with van der Waals surface area (Å²) in [6.07, 6.45) is 7.88. The predicted molar refractivity (Wildman–Crippen MR) is 188 cm³/mol. The molecule has 45 heavy (non-hydrogen) atoms. The van der Waals surface area contributed by atoms with Crippen LogP contribution >= 0.6 is 11.8 Å². The Bertz CT molecular complexity index is 1750. The van der Waals surface area contributed by atoms with E-state index in [0.717, 1.165) is 33.4 Å². The maximum atomic E-state index is 13.5. The van der Waals surface area contributed by atoms with Crippen LogP contribution in [0.25, 0.3) is 28.7 Å². The van der Waals surface area contributed by atoms with Crippen molar-refractivity contribution in [3.63, 3.8) is 0 Å². The van der Waals surface area contributed by atoms with Gasteiger partial charge in [-0.1, -0.05) is 88.7 Å². The number of benzene rings is 2. The molecule has 2 aliphatic rings. The van der Waals surface area contributed by atoms with Gasteiger partial charge in [0.25, 0.3) is 0 Å². The summed E-state index contributed by atoms with van der Waals surface area (Å²) in [7, 11) is 0. The molecule has 0 amide bonds. The Kier molecular flexibility index (Phi) is 9.40. The summed E-state index contributed by atoms with van der Waals surface area (Å²) in [5, 5.41) is 11.2. The minimum absolute atomic E-state index is 0. The largest absolute Gasteiger partial charge is 0.870 e. The lowest BCUT2D eigenvalue weighted by atomic mass is 9.84. The summed E-state index contributed by atoms with van der Waals surface area (Å²) < 4.78 is 6.50. The molecule has 2 aromatic carbocycles. The molecular weight excluding hydrogens is 577 g/mol. The molecule has 0 fully saturated rings. The summed E-state index contributed by atoms with van der Waals surface area (Å²) >= 11 is 1.81. The van der Waals surface area contributed by atoms with Crippen molar-refractivity contribution in [1.29, 1.82) is 0 Å². The number of carbonyl (C=O) groups excluding carboxylic acids is 1. The summed E-state index contributed by atoms with van der Waals surface area (Å²) in [5.74, 6) is 1.29. The van der Waals surface area contributed by atoms with E-state index in [1.807, 2.05) is 18.2 Å². The van der Waals surface area contributed by atoms with E-state index in [-0.39, 0.29) is 27.8 Å². The number of allylic oxidation sites excluding steroid dienone is 8. The van der Waals surface area contributed by atoms with Gasteiger partial charge in [0, 0.05) is 0 Å². The fourth-order valence-corrected chi connectivity index (χ4v) is 6.68. The number of thioether (sulfide) groups is 1. The molecule has 1 aliphatic carbocycles. The van der Waals surface area contributed by atoms with Gasteiger partial charge >= 0.3 is 11.5 Å². The van der Waals surface area contributed by atoms with Crippen LogP contribution in [0.1, 0.15) is 69.4 Å². The third kappa shape index (κ3) is 7.16. The van der Waals surface area contributed by atoms with Crippen molar-refractivity contribution in [2.45, 2.75) is 69.2 Å². The third-order valence-corrected chi connectivity index (χ3v) is 9.93. The first-order valence-corrected chi connectivity index (χ1v) is 16.0. The minimum atomic E-state index is -0.161. The lowest BCUT2D eigenvalue weighted by Crippen LogP contribution is -2.21. The molecule has 3 aromatic rings. The topological polar surface area (TPSA) is 78.6 Å². The van der Waals surface area contributed by atoms with Gasteiger partial charge in [0.05, 0.1) is 34.4 Å². The van der Waals surface area contributed by atoms with Crippen molar-refractivity contribution >= 4 is 23.6 Å². The molecule has 234 valence electrons. The molecule has 2 heterocycles. The molecule has 5 rings (SSSR count). The van der Waals surface area contributed by atoms with E-state index >= 15 is 0 Å². The van der Waals surface area contributed by atoms with Crippen LogP contribution in [0.3, 0.4) is 0 Å². The highest BCUT2D eigenvalue weighted by Crippen LogP contribution is 2.49. The average molecular weight is 621 g/mol. The Morgan fingerprint density at radius 3 is 1.58 bits per heavy atom. The van der Waals surface area contributed by atoms with Crippen LogP contribution in [-0.4, -0.2) is 16.4 Å². The van der Waals surface area contributed by atoms with Crippen LogP contribution in [0.5, 0.6) is 0 Å². The number of aryl methyl sites for hydroxylation is 4. The molecule has 0 atom stereocenters. The molecule has 5 heteroatoms. The molecular formula is C40H44O4S. The standard InChI is InChI=1S/C40H42O3S.H2O/c1-23-11-13-29(25(3)15-23)33-19-27(20-34(43-33)30-14-12-24(2)16-26(30)4)17-31-37(41)32(38(31)42)18-28-21-35(39(5,6)7)44-36(22-28)40(8,9)10;/h11-22H,1-10H3;1H2. The van der Waals surface area contributed by atoms with Crippen LogP contribution in [-0.2, 0) is 4.79 Å². The molecule has 4 nitrogen and oxygen atoms in total. The second kappa shape index (κ2) is 12.5. The van der Waals surface area contributed by atoms with Crippen molar-refractivity contribution < 1.29 is 19.8 Å². The highest BCUT2D eigenvalue weighted by atomic mass is 32.2. The Morgan fingerprint density at radius 1 is 0.711 bits per heavy atom. The highest BCUT2D eigenvalue weighted by Gasteiger charge is 2.34. The zero-order valence-corrected chi connectivity index (χ0v) is 28.9. The van der Waals surface area contributed by atoms with Crippen LogP contribution in [0.2, 0.25) is 0 Å². The van der Waals surface area contributed by atoms with Gasteiger partial charge in [-0.05, 0) is 107 Å². The van der Waals surface area contributed by atoms with E-state index in [1.165, 1.54) is 20.9 Å². The fraction of sp³-hybridized carbons (Fsp3) is 0.300. The molecule has 2 N–H and O–H groups in total. The van der Waals surface area contributed by atoms with Gasteiger partial charge in [0.1, 0.15) is 5.76 Å². The lowest BCUT2D eigenvalue weighted by Gasteiger charge is -2.32. The first-order valence-electron chi connectivity index (χ1n) is 15.2. The van der Waals surface area contributed by atoms with E-state index in [4.69, 9.17) is 4.42 Å². The van der Waals surface area contributed by atoms with Crippen molar-refractivity contribution in [2.75, 3.05) is 0 Å². The van der Waals surface area contributed by atoms with Gasteiger partial charge in [-0.2, -0.15) is 0 Å². The van der Waals surface area contributed by atoms with Crippen LogP contribution < -0.4 is 0 Å². The minimum Gasteiger partial charge on any atom is -0.870 e. The highest BCUT2D eigenvalue weighted by molar-refractivity contribution is 8.06. The summed E-state index contributed by atoms with van der Waals surface area (Å²) in [4.78, 5) is 16.0. The summed E-state index contributed by atoms with van der Waals surface area (Å²) in [5.41, 5.74) is 8.89. The maximum absolute atomic E-state index is 13.5. The number of hydrogen-bond acceptors (Lipinski definition) is 4. The third-order valence-electron chi connectivity index (χ3n) is 8.03. The van der Waals surface area contributed by atoms with E-state index < -0.39 is 0 Å². The van der Waals surface area contributed by atoms with Gasteiger partial charge < -0.3 is 10.6 Å². The number of hydrogen-bond donors (Lipinski definition) is 1. The maximum Gasteiger partial charge on any atom is 0.361 e. The zero-order valence-electron chi connectivity index (χ0n) is 28.0. The Balaban J connectivity index is 0.00000461. The van der Waals surface area contributed by atoms with Gasteiger partial charge in [0.15, 0.2) is 0 Å². The van der Waals surface area contributed by atoms with Crippen LogP contribution in [0.15, 0.2) is 103 Å². The van der Waals surface area contributed by atoms with E-state index in [1.54, 1.807) is 17.8 Å². The molecule has 1 aromatic heterocycles. The molecule has 0 radical (unpaired) electrons. The molecule has 0 spiro atoms. The predicted octanol–water partition coefficient (Wildman–Crippen LogP) is 11.3. The monoisotopic (exact) mass is 620 g/mol. The Labute approximate surface area is 272 Å². The SMILES string of the molecule is Cc1ccc(-c2cc(C=C3C(=O)C(C=C4C=C(C(C)(C)C)SC(C(C)(C)C)=C4)=C3O)cc(-c3ccc(C)cc3C)[o+]2)c(C)c1.[OH-]. The van der Waals surface area contributed by atoms with Gasteiger partial charge in [0.2, 0.25) is 5.78 Å². The van der Waals surface area contributed by atoms with Crippen LogP contribution in [0, 0.1) is 38.5 Å². The number of ketones is 1. The van der Waals surface area contributed by atoms with Gasteiger partial charge in [-0.25, -0.2) is 4.42 Å². The summed E-state index contributed by atoms with van der Waals surface area (Å²) in [6, 6.07) is 16.5. The van der Waals surface area contributed by atoms with Crippen molar-refractivity contribution in [1.82, 2.24) is 0 Å². The van der Waals surface area contributed by atoms with E-state index in [0.29, 0.717) is 22.7 Å². The molecule has 0 saturated carbocycles. The van der Waals surface area contributed by atoms with Crippen molar-refractivity contribution in [2.24, 2.45) is 10.8 Å². The lowest BCUT2D eigenvalue weighted by molar-refractivity contribution is -0.113. The second-order valence-corrected chi connectivity index (χ2v) is 15.3. The zero-order chi connectivity index (χ0) is 32.1. The number of carbonyl (C=O) groups is 1. The summed E-state index contributed by atoms with van der Waals surface area (Å²) in [6.45, 7) is 21.5. The quantitative estimate of drug-likeness (QED) is 0.232. The average Bonchev–Trinajstić information content (AvgIpc) is 2.93. The van der Waals surface area contributed by atoms with E-state index in [2.05, 4.69) is 118 Å². The second-order valence-electron chi connectivity index (χ2n) is 14.2. The van der Waals surface area contributed by atoms with Crippen molar-refractivity contribution in [3.8, 4) is 22.6 Å². The number of aliphatic hydroxyl groups is 1. The molecule has 1 aliphatic heterocycles. The fourth-order valence-electron chi connectivity index (χ4n) is 5.44. The molecule has 0 unspecified atom stereocenters. The Morgan fingerprint density at radius 2 is 1.18 bits per heavy atom. The Hall–Kier alpha value is -3.93. The smallest absolute Gasteiger partial charge is 0.361 e. The normalized spacial score (nSPS) is 16.3. The molecule has 0 bridgehead atoms. The van der Waals surface area contributed by atoms with Crippen molar-refractivity contribution in [3.05, 3.63) is 127 Å². The van der Waals surface area contributed by atoms with E-state index in [9.17, 15) is 9.90 Å². The molecule has 0 saturated heterocycles. The number of aliphatic hydroxyl groups excluding tert-OH is 1. The van der Waals surface area contributed by atoms with Crippen LogP contribution in [0.4, 0.5) is 0 Å². The number of rotatable bonds is 4. The van der Waals surface area contributed by atoms with Gasteiger partial charge in [-0.3, -0.25) is 4.79 Å². The first-order chi connectivity index (χ1) is 20.5.